The van der Waals surface area contributed by atoms with Crippen LogP contribution < -0.4 is 5.32 Å². The number of furan rings is 1. The molecule has 1 aromatic carbocycles. The lowest BCUT2D eigenvalue weighted by Crippen LogP contribution is -2.35. The van der Waals surface area contributed by atoms with E-state index in [4.69, 9.17) is 4.42 Å². The summed E-state index contributed by atoms with van der Waals surface area (Å²) in [6.07, 6.45) is 0.194. The van der Waals surface area contributed by atoms with E-state index in [0.29, 0.717) is 18.0 Å². The second-order valence-electron chi connectivity index (χ2n) is 6.57. The highest BCUT2D eigenvalue weighted by atomic mass is 32.1. The Morgan fingerprint density at radius 3 is 2.81 bits per heavy atom. The Kier molecular flexibility index (Phi) is 6.03. The van der Waals surface area contributed by atoms with Crippen molar-refractivity contribution in [1.29, 1.82) is 0 Å². The molecule has 3 aromatic rings. The summed E-state index contributed by atoms with van der Waals surface area (Å²) in [5, 5.41) is 5.55. The van der Waals surface area contributed by atoms with E-state index in [1.165, 1.54) is 23.5 Å². The highest BCUT2D eigenvalue weighted by Crippen LogP contribution is 2.25. The summed E-state index contributed by atoms with van der Waals surface area (Å²) < 4.78 is 19.1. The van der Waals surface area contributed by atoms with Gasteiger partial charge >= 0.3 is 0 Å². The molecule has 0 radical (unpaired) electrons. The smallest absolute Gasteiger partial charge is 0.226 e. The van der Waals surface area contributed by atoms with Crippen molar-refractivity contribution in [2.24, 2.45) is 0 Å². The SMILES string of the molecule is Cc1ccc(-c2nc(CC(=O)NCC(c3cccc(F)c3)N(C)C)cs2)o1. The van der Waals surface area contributed by atoms with E-state index >= 15 is 0 Å². The van der Waals surface area contributed by atoms with Crippen molar-refractivity contribution in [1.82, 2.24) is 15.2 Å². The molecular weight excluding hydrogens is 365 g/mol. The van der Waals surface area contributed by atoms with Gasteiger partial charge in [0.2, 0.25) is 5.91 Å². The monoisotopic (exact) mass is 387 g/mol. The van der Waals surface area contributed by atoms with Crippen molar-refractivity contribution < 1.29 is 13.6 Å². The predicted octanol–water partition coefficient (Wildman–Crippen LogP) is 3.81. The first kappa shape index (κ1) is 19.3. The molecule has 27 heavy (non-hydrogen) atoms. The predicted molar refractivity (Wildman–Crippen MR) is 104 cm³/mol. The van der Waals surface area contributed by atoms with Gasteiger partial charge in [-0.15, -0.1) is 11.3 Å². The Balaban J connectivity index is 1.59. The first-order chi connectivity index (χ1) is 12.9. The lowest BCUT2D eigenvalue weighted by Gasteiger charge is -2.25. The number of carbonyl (C=O) groups excluding carboxylic acids is 1. The number of nitrogens with one attached hydrogen (secondary N) is 1. The Hall–Kier alpha value is -2.51. The fourth-order valence-electron chi connectivity index (χ4n) is 2.80. The lowest BCUT2D eigenvalue weighted by molar-refractivity contribution is -0.120. The van der Waals surface area contributed by atoms with E-state index in [1.54, 1.807) is 6.07 Å². The van der Waals surface area contributed by atoms with E-state index in [1.807, 2.05) is 49.5 Å². The minimum absolute atomic E-state index is 0.110. The van der Waals surface area contributed by atoms with Crippen molar-refractivity contribution in [2.45, 2.75) is 19.4 Å². The maximum atomic E-state index is 13.5. The third kappa shape index (κ3) is 5.02. The van der Waals surface area contributed by atoms with Crippen LogP contribution in [-0.4, -0.2) is 36.4 Å². The van der Waals surface area contributed by atoms with Gasteiger partial charge in [0.1, 0.15) is 11.6 Å². The summed E-state index contributed by atoms with van der Waals surface area (Å²) in [7, 11) is 3.81. The highest BCUT2D eigenvalue weighted by molar-refractivity contribution is 7.13. The van der Waals surface area contributed by atoms with Crippen LogP contribution in [0.25, 0.3) is 10.8 Å². The van der Waals surface area contributed by atoms with Gasteiger partial charge in [0, 0.05) is 11.9 Å². The molecule has 5 nitrogen and oxygen atoms in total. The van der Waals surface area contributed by atoms with Crippen LogP contribution in [0.15, 0.2) is 46.2 Å². The summed E-state index contributed by atoms with van der Waals surface area (Å²) in [6.45, 7) is 2.27. The fourth-order valence-corrected chi connectivity index (χ4v) is 3.58. The van der Waals surface area contributed by atoms with Gasteiger partial charge in [-0.2, -0.15) is 0 Å². The number of rotatable bonds is 7. The van der Waals surface area contributed by atoms with E-state index in [2.05, 4.69) is 10.3 Å². The number of benzene rings is 1. The number of aromatic nitrogens is 1. The van der Waals surface area contributed by atoms with E-state index in [0.717, 1.165) is 16.3 Å². The van der Waals surface area contributed by atoms with Crippen LogP contribution in [-0.2, 0) is 11.2 Å². The van der Waals surface area contributed by atoms with Gasteiger partial charge in [-0.05, 0) is 50.8 Å². The van der Waals surface area contributed by atoms with E-state index in [9.17, 15) is 9.18 Å². The highest BCUT2D eigenvalue weighted by Gasteiger charge is 2.17. The van der Waals surface area contributed by atoms with Gasteiger partial charge < -0.3 is 14.6 Å². The lowest BCUT2D eigenvalue weighted by atomic mass is 10.1. The van der Waals surface area contributed by atoms with Crippen molar-refractivity contribution in [3.8, 4) is 10.8 Å². The summed E-state index contributed by atoms with van der Waals surface area (Å²) in [5.74, 6) is 1.13. The third-order valence-corrected chi connectivity index (χ3v) is 5.10. The van der Waals surface area contributed by atoms with Gasteiger partial charge in [-0.1, -0.05) is 12.1 Å². The fraction of sp³-hybridized carbons (Fsp3) is 0.300. The molecule has 1 amide bonds. The molecule has 0 aliphatic rings. The Bertz CT molecular complexity index is 919. The van der Waals surface area contributed by atoms with E-state index < -0.39 is 0 Å². The molecule has 1 N–H and O–H groups in total. The number of carbonyl (C=O) groups is 1. The summed E-state index contributed by atoms with van der Waals surface area (Å²) in [4.78, 5) is 18.7. The van der Waals surface area contributed by atoms with Gasteiger partial charge in [-0.3, -0.25) is 4.79 Å². The van der Waals surface area contributed by atoms with Crippen molar-refractivity contribution in [3.63, 3.8) is 0 Å². The van der Waals surface area contributed by atoms with Crippen molar-refractivity contribution in [2.75, 3.05) is 20.6 Å². The molecule has 1 atom stereocenters. The number of hydrogen-bond acceptors (Lipinski definition) is 5. The molecule has 0 saturated heterocycles. The summed E-state index contributed by atoms with van der Waals surface area (Å²) in [6, 6.07) is 10.1. The molecular formula is C20H22FN3O2S. The van der Waals surface area contributed by atoms with Crippen LogP contribution in [0.1, 0.15) is 23.1 Å². The Morgan fingerprint density at radius 2 is 2.15 bits per heavy atom. The average Bonchev–Trinajstić information content (AvgIpc) is 3.23. The largest absolute Gasteiger partial charge is 0.459 e. The van der Waals surface area contributed by atoms with E-state index in [-0.39, 0.29) is 24.2 Å². The van der Waals surface area contributed by atoms with Crippen LogP contribution in [0.3, 0.4) is 0 Å². The van der Waals surface area contributed by atoms with Crippen LogP contribution >= 0.6 is 11.3 Å². The number of likely N-dealkylation sites (N-methyl/N-ethyl adjacent to an activating group) is 1. The first-order valence-corrected chi connectivity index (χ1v) is 9.50. The zero-order valence-electron chi connectivity index (χ0n) is 15.5. The average molecular weight is 387 g/mol. The van der Waals surface area contributed by atoms with Gasteiger partial charge in [0.05, 0.1) is 18.2 Å². The van der Waals surface area contributed by atoms with Crippen molar-refractivity contribution in [3.05, 3.63) is 64.6 Å². The molecule has 0 aliphatic heterocycles. The molecule has 2 heterocycles. The van der Waals surface area contributed by atoms with Crippen molar-refractivity contribution >= 4 is 17.2 Å². The molecule has 1 unspecified atom stereocenters. The maximum absolute atomic E-state index is 13.5. The number of nitrogens with zero attached hydrogens (tertiary/aromatic N) is 2. The van der Waals surface area contributed by atoms with Gasteiger partial charge in [0.15, 0.2) is 10.8 Å². The Labute approximate surface area is 161 Å². The molecule has 0 fully saturated rings. The molecule has 0 aliphatic carbocycles. The number of aryl methyl sites for hydroxylation is 1. The number of halogens is 1. The quantitative estimate of drug-likeness (QED) is 0.670. The number of hydrogen-bond donors (Lipinski definition) is 1. The van der Waals surface area contributed by atoms with Crippen LogP contribution in [0.5, 0.6) is 0 Å². The maximum Gasteiger partial charge on any atom is 0.226 e. The van der Waals surface area contributed by atoms with Gasteiger partial charge in [0.25, 0.3) is 0 Å². The molecule has 142 valence electrons. The third-order valence-electron chi connectivity index (χ3n) is 4.19. The summed E-state index contributed by atoms with van der Waals surface area (Å²) >= 11 is 1.45. The zero-order chi connectivity index (χ0) is 19.4. The Morgan fingerprint density at radius 1 is 1.33 bits per heavy atom. The zero-order valence-corrected chi connectivity index (χ0v) is 16.3. The second kappa shape index (κ2) is 8.45. The van der Waals surface area contributed by atoms with Crippen LogP contribution in [0.4, 0.5) is 4.39 Å². The first-order valence-electron chi connectivity index (χ1n) is 8.62. The standard InChI is InChI=1S/C20H22FN3O2S/c1-13-7-8-18(26-13)20-23-16(12-27-20)10-19(25)22-11-17(24(2)3)14-5-4-6-15(21)9-14/h4-9,12,17H,10-11H2,1-3H3,(H,22,25). The second-order valence-corrected chi connectivity index (χ2v) is 7.43. The van der Waals surface area contributed by atoms with Crippen LogP contribution in [0, 0.1) is 12.7 Å². The van der Waals surface area contributed by atoms with Crippen LogP contribution in [0.2, 0.25) is 0 Å². The normalized spacial score (nSPS) is 12.3. The molecule has 0 spiro atoms. The number of amides is 1. The molecule has 7 heteroatoms. The molecule has 3 rings (SSSR count). The molecule has 0 saturated carbocycles. The van der Waals surface area contributed by atoms with Gasteiger partial charge in [-0.25, -0.2) is 9.37 Å². The minimum Gasteiger partial charge on any atom is -0.459 e. The number of thiazole rings is 1. The minimum atomic E-state index is -0.283. The molecule has 0 bridgehead atoms. The topological polar surface area (TPSA) is 58.4 Å². The summed E-state index contributed by atoms with van der Waals surface area (Å²) in [5.41, 5.74) is 1.53. The molecule has 2 aromatic heterocycles.